The van der Waals surface area contributed by atoms with Crippen LogP contribution in [0.25, 0.3) is 0 Å². The van der Waals surface area contributed by atoms with Gasteiger partial charge in [0, 0.05) is 13.0 Å². The number of likely N-dealkylation sites (tertiary alicyclic amines) is 1. The zero-order chi connectivity index (χ0) is 12.9. The van der Waals surface area contributed by atoms with Crippen molar-refractivity contribution in [3.63, 3.8) is 0 Å². The quantitative estimate of drug-likeness (QED) is 0.566. The highest BCUT2D eigenvalue weighted by Gasteiger charge is 2.56. The molecule has 2 fully saturated rings. The Morgan fingerprint density at radius 2 is 1.67 bits per heavy atom. The summed E-state index contributed by atoms with van der Waals surface area (Å²) < 4.78 is 0. The summed E-state index contributed by atoms with van der Waals surface area (Å²) in [5, 5.41) is 0. The van der Waals surface area contributed by atoms with Crippen LogP contribution in [0.3, 0.4) is 0 Å². The van der Waals surface area contributed by atoms with Crippen LogP contribution in [0.5, 0.6) is 0 Å². The van der Waals surface area contributed by atoms with E-state index in [2.05, 4.69) is 12.2 Å². The Kier molecular flexibility index (Phi) is 2.50. The molecule has 0 aromatic rings. The smallest absolute Gasteiger partial charge is 0.233 e. The average molecular weight is 248 g/mol. The van der Waals surface area contributed by atoms with Crippen molar-refractivity contribution in [2.75, 3.05) is 6.54 Å². The average Bonchev–Trinajstić information content (AvgIpc) is 2.63. The van der Waals surface area contributed by atoms with Crippen LogP contribution in [0.4, 0.5) is 0 Å². The van der Waals surface area contributed by atoms with Crippen molar-refractivity contribution in [2.24, 2.45) is 29.4 Å². The lowest BCUT2D eigenvalue weighted by Crippen LogP contribution is -2.38. The van der Waals surface area contributed by atoms with Gasteiger partial charge in [0.2, 0.25) is 17.7 Å². The van der Waals surface area contributed by atoms with Gasteiger partial charge in [-0.2, -0.15) is 0 Å². The second kappa shape index (κ2) is 3.93. The first-order chi connectivity index (χ1) is 8.59. The van der Waals surface area contributed by atoms with Crippen molar-refractivity contribution < 1.29 is 14.4 Å². The number of rotatable bonds is 3. The summed E-state index contributed by atoms with van der Waals surface area (Å²) in [5.41, 5.74) is 5.07. The third kappa shape index (κ3) is 1.50. The molecule has 3 amide bonds. The number of primary amides is 1. The molecule has 0 spiro atoms. The second-order valence-corrected chi connectivity index (χ2v) is 5.39. The van der Waals surface area contributed by atoms with Gasteiger partial charge in [0.05, 0.1) is 11.8 Å². The summed E-state index contributed by atoms with van der Waals surface area (Å²) in [7, 11) is 0. The molecular formula is C13H16N2O3. The SMILES string of the molecule is NC(=O)CCN1C(=O)[C@@H]2[C@H](C1=O)[C@H]1C=C[C@H]2CC1. The van der Waals surface area contributed by atoms with Crippen molar-refractivity contribution in [2.45, 2.75) is 19.3 Å². The summed E-state index contributed by atoms with van der Waals surface area (Å²) in [6, 6.07) is 0. The minimum Gasteiger partial charge on any atom is -0.370 e. The minimum absolute atomic E-state index is 0.0552. The monoisotopic (exact) mass is 248 g/mol. The van der Waals surface area contributed by atoms with E-state index in [1.54, 1.807) is 0 Å². The van der Waals surface area contributed by atoms with Gasteiger partial charge in [0.25, 0.3) is 0 Å². The highest BCUT2D eigenvalue weighted by molar-refractivity contribution is 6.06. The Labute approximate surface area is 105 Å². The van der Waals surface area contributed by atoms with E-state index in [0.29, 0.717) is 0 Å². The fourth-order valence-electron chi connectivity index (χ4n) is 3.58. The molecule has 0 aromatic heterocycles. The van der Waals surface area contributed by atoms with Gasteiger partial charge in [-0.25, -0.2) is 0 Å². The molecule has 5 nitrogen and oxygen atoms in total. The topological polar surface area (TPSA) is 80.5 Å². The number of carbonyl (C=O) groups is 3. The number of allylic oxidation sites excluding steroid dienone is 2. The molecule has 1 aliphatic heterocycles. The molecule has 5 heteroatoms. The summed E-state index contributed by atoms with van der Waals surface area (Å²) in [4.78, 5) is 36.6. The van der Waals surface area contributed by atoms with E-state index in [-0.39, 0.29) is 48.5 Å². The van der Waals surface area contributed by atoms with Crippen molar-refractivity contribution in [1.29, 1.82) is 0 Å². The molecule has 4 atom stereocenters. The van der Waals surface area contributed by atoms with Gasteiger partial charge in [-0.15, -0.1) is 0 Å². The van der Waals surface area contributed by atoms with E-state index in [0.717, 1.165) is 12.8 Å². The lowest BCUT2D eigenvalue weighted by atomic mass is 9.63. The van der Waals surface area contributed by atoms with Crippen LogP contribution in [-0.4, -0.2) is 29.2 Å². The Morgan fingerprint density at radius 3 is 2.06 bits per heavy atom. The number of nitrogens with zero attached hydrogens (tertiary/aromatic N) is 1. The lowest BCUT2D eigenvalue weighted by Gasteiger charge is -2.38. The van der Waals surface area contributed by atoms with E-state index in [4.69, 9.17) is 5.73 Å². The molecule has 0 radical (unpaired) electrons. The third-order valence-electron chi connectivity index (χ3n) is 4.43. The second-order valence-electron chi connectivity index (χ2n) is 5.39. The van der Waals surface area contributed by atoms with Gasteiger partial charge in [0.1, 0.15) is 0 Å². The lowest BCUT2D eigenvalue weighted by molar-refractivity contribution is -0.140. The Morgan fingerprint density at radius 1 is 1.17 bits per heavy atom. The molecule has 18 heavy (non-hydrogen) atoms. The first kappa shape index (κ1) is 11.4. The summed E-state index contributed by atoms with van der Waals surface area (Å²) in [6.45, 7) is 0.138. The molecule has 2 N–H and O–H groups in total. The number of nitrogens with two attached hydrogens (primary N) is 1. The molecular weight excluding hydrogens is 232 g/mol. The van der Waals surface area contributed by atoms with E-state index in [1.807, 2.05) is 0 Å². The van der Waals surface area contributed by atoms with Gasteiger partial charge in [-0.1, -0.05) is 12.2 Å². The predicted molar refractivity (Wildman–Crippen MR) is 62.9 cm³/mol. The Bertz CT molecular complexity index is 425. The maximum absolute atomic E-state index is 12.3. The minimum atomic E-state index is -0.480. The molecule has 4 aliphatic rings. The van der Waals surface area contributed by atoms with Crippen LogP contribution in [0.15, 0.2) is 12.2 Å². The largest absolute Gasteiger partial charge is 0.370 e. The highest BCUT2D eigenvalue weighted by atomic mass is 16.2. The van der Waals surface area contributed by atoms with Crippen molar-refractivity contribution >= 4 is 17.7 Å². The van der Waals surface area contributed by atoms with Gasteiger partial charge in [0.15, 0.2) is 0 Å². The fraction of sp³-hybridized carbons (Fsp3) is 0.615. The highest BCUT2D eigenvalue weighted by Crippen LogP contribution is 2.49. The van der Waals surface area contributed by atoms with Gasteiger partial charge < -0.3 is 5.73 Å². The number of amides is 3. The van der Waals surface area contributed by atoms with Crippen molar-refractivity contribution in [3.05, 3.63) is 12.2 Å². The third-order valence-corrected chi connectivity index (χ3v) is 4.43. The normalized spacial score (nSPS) is 37.2. The molecule has 1 saturated carbocycles. The summed E-state index contributed by atoms with van der Waals surface area (Å²) >= 11 is 0. The van der Waals surface area contributed by atoms with Crippen LogP contribution >= 0.6 is 0 Å². The fourth-order valence-corrected chi connectivity index (χ4v) is 3.58. The van der Waals surface area contributed by atoms with Crippen LogP contribution in [-0.2, 0) is 14.4 Å². The molecule has 4 rings (SSSR count). The Balaban J connectivity index is 1.83. The van der Waals surface area contributed by atoms with Crippen LogP contribution < -0.4 is 5.73 Å². The standard InChI is InChI=1S/C13H16N2O3/c14-9(16)5-6-15-12(17)10-7-1-2-8(4-3-7)11(10)13(15)18/h1-2,7-8,10-11H,3-6H2,(H2,14,16)/t7-,8-,10-,11+/m0/s1. The maximum Gasteiger partial charge on any atom is 0.233 e. The predicted octanol–water partition coefficient (Wildman–Crippen LogP) is 0.0590. The molecule has 0 aromatic carbocycles. The first-order valence-electron chi connectivity index (χ1n) is 6.41. The summed E-state index contributed by atoms with van der Waals surface area (Å²) in [6.07, 6.45) is 6.20. The van der Waals surface area contributed by atoms with E-state index in [9.17, 15) is 14.4 Å². The molecule has 3 aliphatic carbocycles. The van der Waals surface area contributed by atoms with Crippen molar-refractivity contribution in [1.82, 2.24) is 4.90 Å². The molecule has 0 unspecified atom stereocenters. The zero-order valence-corrected chi connectivity index (χ0v) is 10.0. The van der Waals surface area contributed by atoms with Crippen LogP contribution in [0.1, 0.15) is 19.3 Å². The van der Waals surface area contributed by atoms with Crippen molar-refractivity contribution in [3.8, 4) is 0 Å². The van der Waals surface area contributed by atoms with Crippen LogP contribution in [0.2, 0.25) is 0 Å². The molecule has 1 saturated heterocycles. The van der Waals surface area contributed by atoms with Gasteiger partial charge >= 0.3 is 0 Å². The van der Waals surface area contributed by atoms with Gasteiger partial charge in [-0.3, -0.25) is 19.3 Å². The first-order valence-corrected chi connectivity index (χ1v) is 6.41. The molecule has 1 heterocycles. The Hall–Kier alpha value is -1.65. The molecule has 2 bridgehead atoms. The number of imide groups is 1. The number of carbonyl (C=O) groups excluding carboxylic acids is 3. The van der Waals surface area contributed by atoms with E-state index < -0.39 is 5.91 Å². The number of fused-ring (bicyclic) bond motifs is 1. The van der Waals surface area contributed by atoms with E-state index >= 15 is 0 Å². The van der Waals surface area contributed by atoms with Gasteiger partial charge in [-0.05, 0) is 24.7 Å². The molecule has 96 valence electrons. The maximum atomic E-state index is 12.3. The zero-order valence-electron chi connectivity index (χ0n) is 10.0. The number of hydrogen-bond donors (Lipinski definition) is 1. The van der Waals surface area contributed by atoms with Crippen LogP contribution in [0, 0.1) is 23.7 Å². The summed E-state index contributed by atoms with van der Waals surface area (Å²) in [5.74, 6) is -0.657. The van der Waals surface area contributed by atoms with E-state index in [1.165, 1.54) is 4.90 Å². The number of hydrogen-bond acceptors (Lipinski definition) is 3.